The molecule has 0 saturated carbocycles. The zero-order chi connectivity index (χ0) is 20.9. The highest BCUT2D eigenvalue weighted by atomic mass is 127. The lowest BCUT2D eigenvalue weighted by atomic mass is 10.1. The van der Waals surface area contributed by atoms with Crippen LogP contribution in [-0.4, -0.2) is 36.8 Å². The molecule has 1 saturated heterocycles. The van der Waals surface area contributed by atoms with Crippen LogP contribution in [0.2, 0.25) is 0 Å². The van der Waals surface area contributed by atoms with Crippen LogP contribution in [0.3, 0.4) is 0 Å². The number of halogens is 1. The predicted octanol–water partition coefficient (Wildman–Crippen LogP) is 3.20. The fourth-order valence-corrected chi connectivity index (χ4v) is 4.83. The Labute approximate surface area is 193 Å². The summed E-state index contributed by atoms with van der Waals surface area (Å²) in [5, 5.41) is 17.3. The minimum absolute atomic E-state index is 0. The van der Waals surface area contributed by atoms with Gasteiger partial charge in [-0.2, -0.15) is 0 Å². The molecule has 2 aromatic rings. The molecule has 0 spiro atoms. The third kappa shape index (κ3) is 6.94. The molecule has 162 valence electrons. The molecular formula is C20H25IN4O4S. The van der Waals surface area contributed by atoms with Gasteiger partial charge >= 0.3 is 0 Å². The summed E-state index contributed by atoms with van der Waals surface area (Å²) >= 11 is 0. The van der Waals surface area contributed by atoms with E-state index in [9.17, 15) is 18.5 Å². The molecule has 2 aromatic carbocycles. The number of hydrogen-bond donors (Lipinski definition) is 2. The number of rotatable bonds is 6. The van der Waals surface area contributed by atoms with Gasteiger partial charge in [-0.25, -0.2) is 13.4 Å². The molecule has 1 aliphatic rings. The van der Waals surface area contributed by atoms with Crippen molar-refractivity contribution in [3.63, 3.8) is 0 Å². The maximum atomic E-state index is 11.8. The van der Waals surface area contributed by atoms with Crippen molar-refractivity contribution >= 4 is 45.5 Å². The Morgan fingerprint density at radius 1 is 1.20 bits per heavy atom. The SMILES string of the molecule is CC(NC(=NCc1ccc([N+](=O)[O-])cc1)NC1CCS(=O)(=O)C1)c1ccccc1.I. The first-order valence-corrected chi connectivity index (χ1v) is 11.2. The summed E-state index contributed by atoms with van der Waals surface area (Å²) in [6.07, 6.45) is 0.542. The molecule has 2 unspecified atom stereocenters. The Bertz CT molecular complexity index is 982. The first-order valence-electron chi connectivity index (χ1n) is 9.38. The van der Waals surface area contributed by atoms with Crippen LogP contribution >= 0.6 is 24.0 Å². The number of hydrogen-bond acceptors (Lipinski definition) is 5. The van der Waals surface area contributed by atoms with Crippen molar-refractivity contribution in [2.75, 3.05) is 11.5 Å². The number of nitro benzene ring substituents is 1. The molecule has 0 aliphatic carbocycles. The van der Waals surface area contributed by atoms with Crippen molar-refractivity contribution in [1.29, 1.82) is 0 Å². The number of sulfone groups is 1. The summed E-state index contributed by atoms with van der Waals surface area (Å²) in [5.41, 5.74) is 1.93. The van der Waals surface area contributed by atoms with Gasteiger partial charge in [-0.05, 0) is 24.5 Å². The van der Waals surface area contributed by atoms with Crippen LogP contribution in [0.5, 0.6) is 0 Å². The van der Waals surface area contributed by atoms with Gasteiger partial charge in [0.05, 0.1) is 29.0 Å². The molecule has 1 heterocycles. The zero-order valence-corrected chi connectivity index (χ0v) is 19.7. The third-order valence-corrected chi connectivity index (χ3v) is 6.56. The van der Waals surface area contributed by atoms with E-state index in [4.69, 9.17) is 0 Å². The summed E-state index contributed by atoms with van der Waals surface area (Å²) in [5.74, 6) is 0.779. The molecule has 1 fully saturated rings. The standard InChI is InChI=1S/C20H24N4O4S.HI/c1-15(17-5-3-2-4-6-17)22-20(23-18-11-12-29(27,28)14-18)21-13-16-7-9-19(10-8-16)24(25)26;/h2-10,15,18H,11-14H2,1H3,(H2,21,22,23);1H. The van der Waals surface area contributed by atoms with E-state index in [0.717, 1.165) is 11.1 Å². The minimum Gasteiger partial charge on any atom is -0.353 e. The summed E-state index contributed by atoms with van der Waals surface area (Å²) in [6, 6.07) is 15.9. The number of nitro groups is 1. The van der Waals surface area contributed by atoms with E-state index in [-0.39, 0.29) is 53.3 Å². The number of benzene rings is 2. The predicted molar refractivity (Wildman–Crippen MR) is 128 cm³/mol. The van der Waals surface area contributed by atoms with Crippen LogP contribution in [0.25, 0.3) is 0 Å². The highest BCUT2D eigenvalue weighted by molar-refractivity contribution is 14.0. The number of nitrogens with zero attached hydrogens (tertiary/aromatic N) is 2. The lowest BCUT2D eigenvalue weighted by molar-refractivity contribution is -0.384. The van der Waals surface area contributed by atoms with Crippen LogP contribution in [-0.2, 0) is 16.4 Å². The van der Waals surface area contributed by atoms with E-state index in [1.807, 2.05) is 37.3 Å². The summed E-state index contributed by atoms with van der Waals surface area (Å²) in [6.45, 7) is 2.32. The molecule has 0 aromatic heterocycles. The van der Waals surface area contributed by atoms with Gasteiger partial charge < -0.3 is 10.6 Å². The normalized spacial score (nSPS) is 18.8. The molecule has 0 radical (unpaired) electrons. The van der Waals surface area contributed by atoms with Crippen molar-refractivity contribution in [3.8, 4) is 0 Å². The topological polar surface area (TPSA) is 114 Å². The molecule has 30 heavy (non-hydrogen) atoms. The molecule has 0 bridgehead atoms. The zero-order valence-electron chi connectivity index (χ0n) is 16.5. The van der Waals surface area contributed by atoms with Crippen LogP contribution in [0.4, 0.5) is 5.69 Å². The van der Waals surface area contributed by atoms with E-state index in [2.05, 4.69) is 15.6 Å². The smallest absolute Gasteiger partial charge is 0.269 e. The maximum Gasteiger partial charge on any atom is 0.269 e. The fraction of sp³-hybridized carbons (Fsp3) is 0.350. The van der Waals surface area contributed by atoms with Crippen LogP contribution in [0, 0.1) is 10.1 Å². The quantitative estimate of drug-likeness (QED) is 0.190. The highest BCUT2D eigenvalue weighted by Gasteiger charge is 2.28. The van der Waals surface area contributed by atoms with Gasteiger partial charge in [0, 0.05) is 18.2 Å². The van der Waals surface area contributed by atoms with Crippen LogP contribution in [0.1, 0.15) is 30.5 Å². The van der Waals surface area contributed by atoms with Gasteiger partial charge in [0.25, 0.3) is 5.69 Å². The summed E-state index contributed by atoms with van der Waals surface area (Å²) in [4.78, 5) is 14.9. The van der Waals surface area contributed by atoms with Crippen molar-refractivity contribution in [1.82, 2.24) is 10.6 Å². The first kappa shape index (κ1) is 24.1. The average molecular weight is 544 g/mol. The van der Waals surface area contributed by atoms with Crippen molar-refractivity contribution in [2.24, 2.45) is 4.99 Å². The summed E-state index contributed by atoms with van der Waals surface area (Å²) < 4.78 is 23.6. The molecule has 1 aliphatic heterocycles. The van der Waals surface area contributed by atoms with E-state index < -0.39 is 14.8 Å². The fourth-order valence-electron chi connectivity index (χ4n) is 3.16. The monoisotopic (exact) mass is 544 g/mol. The molecule has 0 amide bonds. The third-order valence-electron chi connectivity index (χ3n) is 4.79. The molecule has 3 rings (SSSR count). The number of aliphatic imine (C=N–C) groups is 1. The van der Waals surface area contributed by atoms with E-state index in [1.54, 1.807) is 12.1 Å². The van der Waals surface area contributed by atoms with Crippen molar-refractivity contribution in [3.05, 3.63) is 75.8 Å². The number of guanidine groups is 1. The van der Waals surface area contributed by atoms with Gasteiger partial charge in [0.15, 0.2) is 15.8 Å². The number of non-ortho nitro benzene ring substituents is 1. The second-order valence-corrected chi connectivity index (χ2v) is 9.34. The van der Waals surface area contributed by atoms with E-state index in [0.29, 0.717) is 18.9 Å². The van der Waals surface area contributed by atoms with Crippen molar-refractivity contribution < 1.29 is 13.3 Å². The second-order valence-electron chi connectivity index (χ2n) is 7.11. The Balaban J connectivity index is 0.00000320. The lowest BCUT2D eigenvalue weighted by Crippen LogP contribution is -2.44. The van der Waals surface area contributed by atoms with Gasteiger partial charge in [-0.3, -0.25) is 10.1 Å². The Morgan fingerprint density at radius 3 is 2.43 bits per heavy atom. The molecular weight excluding hydrogens is 519 g/mol. The van der Waals surface area contributed by atoms with E-state index >= 15 is 0 Å². The van der Waals surface area contributed by atoms with Crippen LogP contribution < -0.4 is 10.6 Å². The van der Waals surface area contributed by atoms with E-state index in [1.165, 1.54) is 12.1 Å². The average Bonchev–Trinajstić information content (AvgIpc) is 3.05. The van der Waals surface area contributed by atoms with Crippen LogP contribution in [0.15, 0.2) is 59.6 Å². The highest BCUT2D eigenvalue weighted by Crippen LogP contribution is 2.15. The van der Waals surface area contributed by atoms with Gasteiger partial charge in [0.1, 0.15) is 0 Å². The van der Waals surface area contributed by atoms with Gasteiger partial charge in [-0.1, -0.05) is 42.5 Å². The molecule has 2 atom stereocenters. The largest absolute Gasteiger partial charge is 0.353 e. The molecule has 8 nitrogen and oxygen atoms in total. The Kier molecular flexibility index (Phi) is 8.59. The first-order chi connectivity index (χ1) is 13.8. The Morgan fingerprint density at radius 2 is 1.87 bits per heavy atom. The molecule has 10 heteroatoms. The van der Waals surface area contributed by atoms with Gasteiger partial charge in [-0.15, -0.1) is 24.0 Å². The number of nitrogens with one attached hydrogen (secondary N) is 2. The maximum absolute atomic E-state index is 11.8. The second kappa shape index (κ2) is 10.7. The van der Waals surface area contributed by atoms with Gasteiger partial charge in [0.2, 0.25) is 0 Å². The Hall–Kier alpha value is -2.21. The molecule has 2 N–H and O–H groups in total. The van der Waals surface area contributed by atoms with Crippen molar-refractivity contribution in [2.45, 2.75) is 32.0 Å². The minimum atomic E-state index is -3.01. The summed E-state index contributed by atoms with van der Waals surface area (Å²) in [7, 11) is -3.01. The lowest BCUT2D eigenvalue weighted by Gasteiger charge is -2.21.